The summed E-state index contributed by atoms with van der Waals surface area (Å²) >= 11 is 0. The van der Waals surface area contributed by atoms with Crippen molar-refractivity contribution in [3.63, 3.8) is 0 Å². The second kappa shape index (κ2) is 2.34. The second-order valence-corrected chi connectivity index (χ2v) is 2.50. The molecule has 0 unspecified atom stereocenters. The lowest BCUT2D eigenvalue weighted by Gasteiger charge is -2.01. The fourth-order valence-electron chi connectivity index (χ4n) is 1.07. The van der Waals surface area contributed by atoms with Gasteiger partial charge in [-0.25, -0.2) is 9.97 Å². The van der Waals surface area contributed by atoms with Crippen LogP contribution < -0.4 is 11.5 Å². The normalized spacial score (nSPS) is 10.3. The quantitative estimate of drug-likeness (QED) is 0.597. The first-order chi connectivity index (χ1) is 5.79. The summed E-state index contributed by atoms with van der Waals surface area (Å²) < 4.78 is 0. The number of rotatable bonds is 0. The molecule has 60 valence electrons. The zero-order chi connectivity index (χ0) is 8.55. The van der Waals surface area contributed by atoms with Crippen LogP contribution in [0.15, 0.2) is 24.5 Å². The van der Waals surface area contributed by atoms with E-state index in [-0.39, 0.29) is 0 Å². The molecule has 0 fully saturated rings. The molecule has 0 radical (unpaired) electrons. The Balaban J connectivity index is 2.91. The number of nitrogens with zero attached hydrogens (tertiary/aromatic N) is 2. The zero-order valence-electron chi connectivity index (χ0n) is 6.36. The Morgan fingerprint density at radius 3 is 2.83 bits per heavy atom. The van der Waals surface area contributed by atoms with Crippen LogP contribution in [0.3, 0.4) is 0 Å². The van der Waals surface area contributed by atoms with Gasteiger partial charge in [-0.15, -0.1) is 0 Å². The fraction of sp³-hybridized carbons (Fsp3) is 0. The molecule has 0 amide bonds. The van der Waals surface area contributed by atoms with Gasteiger partial charge in [0, 0.05) is 11.6 Å². The van der Waals surface area contributed by atoms with Gasteiger partial charge in [0.2, 0.25) is 0 Å². The van der Waals surface area contributed by atoms with E-state index in [1.807, 2.05) is 6.07 Å². The average molecular weight is 160 g/mol. The molecule has 0 atom stereocenters. The van der Waals surface area contributed by atoms with Gasteiger partial charge < -0.3 is 11.5 Å². The van der Waals surface area contributed by atoms with E-state index in [2.05, 4.69) is 9.97 Å². The summed E-state index contributed by atoms with van der Waals surface area (Å²) in [6.07, 6.45) is 3.19. The standard InChI is InChI=1S/C8H8N4/c9-6-4-12-8-5(7(6)10)2-1-3-11-8/h1-4H,9H2,(H2,10,11,12). The monoisotopic (exact) mass is 160 g/mol. The largest absolute Gasteiger partial charge is 0.396 e. The van der Waals surface area contributed by atoms with E-state index in [9.17, 15) is 0 Å². The van der Waals surface area contributed by atoms with Gasteiger partial charge in [0.05, 0.1) is 17.6 Å². The SMILES string of the molecule is Nc1cnc2ncccc2c1N. The third kappa shape index (κ3) is 0.852. The van der Waals surface area contributed by atoms with Gasteiger partial charge in [-0.05, 0) is 12.1 Å². The van der Waals surface area contributed by atoms with Crippen molar-refractivity contribution in [2.45, 2.75) is 0 Å². The fourth-order valence-corrected chi connectivity index (χ4v) is 1.07. The maximum Gasteiger partial charge on any atom is 0.161 e. The highest BCUT2D eigenvalue weighted by Gasteiger charge is 2.01. The molecular formula is C8H8N4. The van der Waals surface area contributed by atoms with Gasteiger partial charge in [-0.1, -0.05) is 0 Å². The van der Waals surface area contributed by atoms with Gasteiger partial charge in [-0.2, -0.15) is 0 Å². The molecule has 0 aliphatic rings. The smallest absolute Gasteiger partial charge is 0.161 e. The number of aromatic nitrogens is 2. The van der Waals surface area contributed by atoms with Crippen molar-refractivity contribution in [2.24, 2.45) is 0 Å². The molecule has 0 saturated carbocycles. The highest BCUT2D eigenvalue weighted by molar-refractivity contribution is 5.93. The lowest BCUT2D eigenvalue weighted by molar-refractivity contribution is 1.29. The van der Waals surface area contributed by atoms with Crippen molar-refractivity contribution in [1.82, 2.24) is 9.97 Å². The second-order valence-electron chi connectivity index (χ2n) is 2.50. The number of pyridine rings is 2. The minimum atomic E-state index is 0.496. The molecule has 0 bridgehead atoms. The van der Waals surface area contributed by atoms with Crippen molar-refractivity contribution < 1.29 is 0 Å². The number of nitrogen functional groups attached to an aromatic ring is 2. The van der Waals surface area contributed by atoms with Crippen LogP contribution in [0.25, 0.3) is 11.0 Å². The van der Waals surface area contributed by atoms with Gasteiger partial charge in [-0.3, -0.25) is 0 Å². The third-order valence-corrected chi connectivity index (χ3v) is 1.71. The predicted octanol–water partition coefficient (Wildman–Crippen LogP) is 0.794. The number of anilines is 2. The molecule has 0 aromatic carbocycles. The van der Waals surface area contributed by atoms with Crippen LogP contribution in [0.1, 0.15) is 0 Å². The van der Waals surface area contributed by atoms with Gasteiger partial charge in [0.15, 0.2) is 5.65 Å². The number of hydrogen-bond acceptors (Lipinski definition) is 4. The van der Waals surface area contributed by atoms with Crippen molar-refractivity contribution in [1.29, 1.82) is 0 Å². The number of nitrogens with two attached hydrogens (primary N) is 2. The minimum Gasteiger partial charge on any atom is -0.396 e. The summed E-state index contributed by atoms with van der Waals surface area (Å²) in [6.45, 7) is 0. The van der Waals surface area contributed by atoms with Crippen LogP contribution in [-0.2, 0) is 0 Å². The lowest BCUT2D eigenvalue weighted by atomic mass is 10.2. The molecule has 0 aliphatic heterocycles. The summed E-state index contributed by atoms with van der Waals surface area (Å²) in [7, 11) is 0. The van der Waals surface area contributed by atoms with Crippen LogP contribution >= 0.6 is 0 Å². The van der Waals surface area contributed by atoms with Crippen molar-refractivity contribution in [2.75, 3.05) is 11.5 Å². The molecule has 0 spiro atoms. The summed E-state index contributed by atoms with van der Waals surface area (Å²) in [5, 5.41) is 0.803. The number of fused-ring (bicyclic) bond motifs is 1. The molecule has 2 heterocycles. The molecule has 4 nitrogen and oxygen atoms in total. The van der Waals surface area contributed by atoms with Gasteiger partial charge in [0.1, 0.15) is 0 Å². The van der Waals surface area contributed by atoms with E-state index in [0.717, 1.165) is 5.39 Å². The molecule has 2 rings (SSSR count). The molecule has 4 N–H and O–H groups in total. The summed E-state index contributed by atoms with van der Waals surface area (Å²) in [4.78, 5) is 8.06. The Morgan fingerprint density at radius 1 is 1.17 bits per heavy atom. The maximum atomic E-state index is 5.71. The van der Waals surface area contributed by atoms with Gasteiger partial charge in [0.25, 0.3) is 0 Å². The molecular weight excluding hydrogens is 152 g/mol. The third-order valence-electron chi connectivity index (χ3n) is 1.71. The van der Waals surface area contributed by atoms with Crippen LogP contribution in [0.2, 0.25) is 0 Å². The number of hydrogen-bond donors (Lipinski definition) is 2. The van der Waals surface area contributed by atoms with E-state index < -0.39 is 0 Å². The Morgan fingerprint density at radius 2 is 2.00 bits per heavy atom. The van der Waals surface area contributed by atoms with Crippen LogP contribution in [-0.4, -0.2) is 9.97 Å². The summed E-state index contributed by atoms with van der Waals surface area (Å²) in [5.41, 5.74) is 13.0. The molecule has 2 aromatic rings. The van der Waals surface area contributed by atoms with Crippen LogP contribution in [0.4, 0.5) is 11.4 Å². The first-order valence-corrected chi connectivity index (χ1v) is 3.53. The minimum absolute atomic E-state index is 0.496. The first kappa shape index (κ1) is 6.84. The van der Waals surface area contributed by atoms with Crippen LogP contribution in [0.5, 0.6) is 0 Å². The molecule has 4 heteroatoms. The van der Waals surface area contributed by atoms with Crippen molar-refractivity contribution >= 4 is 22.4 Å². The summed E-state index contributed by atoms with van der Waals surface area (Å²) in [6, 6.07) is 3.65. The van der Waals surface area contributed by atoms with E-state index in [1.165, 1.54) is 6.20 Å². The predicted molar refractivity (Wildman–Crippen MR) is 48.4 cm³/mol. The maximum absolute atomic E-state index is 5.71. The lowest BCUT2D eigenvalue weighted by Crippen LogP contribution is -1.97. The molecule has 12 heavy (non-hydrogen) atoms. The Hall–Kier alpha value is -1.84. The van der Waals surface area contributed by atoms with E-state index in [4.69, 9.17) is 11.5 Å². The van der Waals surface area contributed by atoms with E-state index >= 15 is 0 Å². The Kier molecular flexibility index (Phi) is 1.33. The zero-order valence-corrected chi connectivity index (χ0v) is 6.36. The molecule has 0 saturated heterocycles. The van der Waals surface area contributed by atoms with E-state index in [1.54, 1.807) is 12.3 Å². The van der Waals surface area contributed by atoms with Gasteiger partial charge >= 0.3 is 0 Å². The summed E-state index contributed by atoms with van der Waals surface area (Å²) in [5.74, 6) is 0. The highest BCUT2D eigenvalue weighted by atomic mass is 14.9. The van der Waals surface area contributed by atoms with Crippen LogP contribution in [0, 0.1) is 0 Å². The highest BCUT2D eigenvalue weighted by Crippen LogP contribution is 2.22. The van der Waals surface area contributed by atoms with Crippen molar-refractivity contribution in [3.8, 4) is 0 Å². The average Bonchev–Trinajstić information content (AvgIpc) is 2.12. The Labute approximate surface area is 69.2 Å². The van der Waals surface area contributed by atoms with E-state index in [0.29, 0.717) is 17.0 Å². The topological polar surface area (TPSA) is 77.8 Å². The molecule has 2 aromatic heterocycles. The first-order valence-electron chi connectivity index (χ1n) is 3.53. The Bertz CT molecular complexity index is 424. The molecule has 0 aliphatic carbocycles. The van der Waals surface area contributed by atoms with Crippen molar-refractivity contribution in [3.05, 3.63) is 24.5 Å².